The normalized spacial score (nSPS) is 27.5. The molecule has 1 N–H and O–H groups in total. The molecule has 8 heavy (non-hydrogen) atoms. The smallest absolute Gasteiger partial charge is 0.156 e. The molecule has 1 aliphatic rings. The summed E-state index contributed by atoms with van der Waals surface area (Å²) in [5.41, 5.74) is 0. The summed E-state index contributed by atoms with van der Waals surface area (Å²) in [5.74, 6) is 1.57. The van der Waals surface area contributed by atoms with Crippen LogP contribution in [0.4, 0.5) is 0 Å². The van der Waals surface area contributed by atoms with Gasteiger partial charge in [-0.25, -0.2) is 8.42 Å². The molecule has 1 heterocycles. The summed E-state index contributed by atoms with van der Waals surface area (Å²) in [7, 11) is -2.77. The van der Waals surface area contributed by atoms with Gasteiger partial charge >= 0.3 is 0 Å². The molecule has 1 radical (unpaired) electrons. The van der Waals surface area contributed by atoms with E-state index in [4.69, 9.17) is 0 Å². The molecule has 1 saturated heterocycles. The summed E-state index contributed by atoms with van der Waals surface area (Å²) in [6.45, 7) is 1.10. The van der Waals surface area contributed by atoms with Crippen LogP contribution in [-0.2, 0) is 9.84 Å². The second-order valence-corrected chi connectivity index (χ2v) is 3.81. The topological polar surface area (TPSA) is 46.2 Å². The third-order valence-corrected chi connectivity index (χ3v) is 2.49. The maximum atomic E-state index is 10.6. The molecule has 1 rings (SSSR count). The van der Waals surface area contributed by atoms with Crippen LogP contribution in [0.3, 0.4) is 0 Å². The second-order valence-electron chi connectivity index (χ2n) is 1.74. The van der Waals surface area contributed by atoms with E-state index in [0.717, 1.165) is 0 Å². The summed E-state index contributed by atoms with van der Waals surface area (Å²) < 4.78 is 21.1. The van der Waals surface area contributed by atoms with Crippen molar-refractivity contribution in [3.63, 3.8) is 0 Å². The largest absolute Gasteiger partial charge is 0.314 e. The van der Waals surface area contributed by atoms with Crippen molar-refractivity contribution in [3.8, 4) is 0 Å². The fraction of sp³-hybridized carbons (Fsp3) is 0.750. The van der Waals surface area contributed by atoms with Crippen molar-refractivity contribution >= 4 is 9.84 Å². The summed E-state index contributed by atoms with van der Waals surface area (Å²) in [6, 6.07) is 0. The van der Waals surface area contributed by atoms with Gasteiger partial charge in [0, 0.05) is 13.1 Å². The van der Waals surface area contributed by atoms with Gasteiger partial charge in [-0.1, -0.05) is 0 Å². The van der Waals surface area contributed by atoms with Gasteiger partial charge in [0.25, 0.3) is 0 Å². The van der Waals surface area contributed by atoms with Crippen LogP contribution in [0.1, 0.15) is 0 Å². The van der Waals surface area contributed by atoms with E-state index < -0.39 is 9.84 Å². The minimum atomic E-state index is -2.77. The first-order valence-electron chi connectivity index (χ1n) is 2.47. The Bertz CT molecular complexity index is 149. The monoisotopic (exact) mass is 134 g/mol. The highest BCUT2D eigenvalue weighted by Gasteiger charge is 2.14. The first-order valence-corrected chi connectivity index (χ1v) is 4.19. The predicted molar refractivity (Wildman–Crippen MR) is 31.0 cm³/mol. The van der Waals surface area contributed by atoms with E-state index in [1.54, 1.807) is 0 Å². The molecule has 0 aromatic heterocycles. The Balaban J connectivity index is 2.58. The van der Waals surface area contributed by atoms with Crippen LogP contribution in [0.2, 0.25) is 0 Å². The molecule has 47 valence electrons. The standard InChI is InChI=1S/C4H8NO2S/c6-8(7)3-1-5-2-4-8/h3,5H,1-2,4H2. The van der Waals surface area contributed by atoms with Crippen molar-refractivity contribution in [2.75, 3.05) is 18.8 Å². The number of hydrogen-bond donors (Lipinski definition) is 1. The Morgan fingerprint density at radius 3 is 2.50 bits per heavy atom. The lowest BCUT2D eigenvalue weighted by atomic mass is 10.6. The van der Waals surface area contributed by atoms with Gasteiger partial charge in [0.15, 0.2) is 9.84 Å². The lowest BCUT2D eigenvalue weighted by molar-refractivity contribution is 0.587. The highest BCUT2D eigenvalue weighted by atomic mass is 32.2. The first kappa shape index (κ1) is 6.04. The van der Waals surface area contributed by atoms with Gasteiger partial charge < -0.3 is 5.32 Å². The summed E-state index contributed by atoms with van der Waals surface area (Å²) in [6.07, 6.45) is 0. The van der Waals surface area contributed by atoms with Crippen LogP contribution in [0.5, 0.6) is 0 Å². The quantitative estimate of drug-likeness (QED) is 0.470. The van der Waals surface area contributed by atoms with Crippen LogP contribution in [-0.4, -0.2) is 27.3 Å². The first-order chi connectivity index (χ1) is 3.71. The van der Waals surface area contributed by atoms with E-state index in [2.05, 4.69) is 5.32 Å². The number of rotatable bonds is 0. The van der Waals surface area contributed by atoms with Gasteiger partial charge in [-0.05, 0) is 0 Å². The zero-order valence-electron chi connectivity index (χ0n) is 4.42. The van der Waals surface area contributed by atoms with E-state index in [0.29, 0.717) is 13.1 Å². The van der Waals surface area contributed by atoms with E-state index in [9.17, 15) is 8.42 Å². The van der Waals surface area contributed by atoms with Crippen LogP contribution in [0, 0.1) is 5.75 Å². The number of hydrogen-bond acceptors (Lipinski definition) is 3. The van der Waals surface area contributed by atoms with Crippen LogP contribution < -0.4 is 5.32 Å². The molecular formula is C4H8NO2S. The van der Waals surface area contributed by atoms with Crippen molar-refractivity contribution in [3.05, 3.63) is 5.75 Å². The Morgan fingerprint density at radius 1 is 1.50 bits per heavy atom. The summed E-state index contributed by atoms with van der Waals surface area (Å²) in [4.78, 5) is 0. The highest BCUT2D eigenvalue weighted by molar-refractivity contribution is 7.93. The molecular weight excluding hydrogens is 126 g/mol. The third-order valence-electron chi connectivity index (χ3n) is 1.04. The van der Waals surface area contributed by atoms with Crippen LogP contribution in [0.15, 0.2) is 0 Å². The van der Waals surface area contributed by atoms with Gasteiger partial charge in [-0.2, -0.15) is 0 Å². The molecule has 0 unspecified atom stereocenters. The van der Waals surface area contributed by atoms with E-state index in [-0.39, 0.29) is 5.75 Å². The Hall–Kier alpha value is -0.0900. The Morgan fingerprint density at radius 2 is 2.25 bits per heavy atom. The molecule has 0 spiro atoms. The van der Waals surface area contributed by atoms with Crippen molar-refractivity contribution in [2.24, 2.45) is 0 Å². The van der Waals surface area contributed by atoms with E-state index >= 15 is 0 Å². The molecule has 0 aliphatic carbocycles. The molecule has 1 fully saturated rings. The molecule has 0 amide bonds. The Labute approximate surface area is 49.0 Å². The maximum absolute atomic E-state index is 10.6. The second kappa shape index (κ2) is 2.03. The van der Waals surface area contributed by atoms with Gasteiger partial charge in [0.05, 0.1) is 11.5 Å². The van der Waals surface area contributed by atoms with Crippen LogP contribution in [0.25, 0.3) is 0 Å². The average molecular weight is 134 g/mol. The zero-order valence-corrected chi connectivity index (χ0v) is 5.24. The fourth-order valence-corrected chi connectivity index (χ4v) is 1.55. The summed E-state index contributed by atoms with van der Waals surface area (Å²) >= 11 is 0. The van der Waals surface area contributed by atoms with Gasteiger partial charge in [0.1, 0.15) is 0 Å². The molecule has 0 atom stereocenters. The lowest BCUT2D eigenvalue weighted by Crippen LogP contribution is -2.32. The average Bonchev–Trinajstić information content (AvgIpc) is 1.65. The van der Waals surface area contributed by atoms with Gasteiger partial charge in [0.2, 0.25) is 0 Å². The third kappa shape index (κ3) is 1.45. The minimum absolute atomic E-state index is 0.257. The number of nitrogens with one attached hydrogen (secondary N) is 1. The van der Waals surface area contributed by atoms with E-state index in [1.165, 1.54) is 5.75 Å². The lowest BCUT2D eigenvalue weighted by Gasteiger charge is -2.10. The molecule has 0 bridgehead atoms. The molecule has 0 saturated carbocycles. The molecule has 4 heteroatoms. The predicted octanol–water partition coefficient (Wildman–Crippen LogP) is -0.834. The molecule has 0 aromatic rings. The zero-order chi connectivity index (χ0) is 6.04. The number of sulfone groups is 1. The molecule has 3 nitrogen and oxygen atoms in total. The molecule has 1 aliphatic heterocycles. The van der Waals surface area contributed by atoms with Gasteiger partial charge in [-0.3, -0.25) is 0 Å². The van der Waals surface area contributed by atoms with Crippen molar-refractivity contribution in [1.82, 2.24) is 5.32 Å². The van der Waals surface area contributed by atoms with Crippen molar-refractivity contribution in [2.45, 2.75) is 0 Å². The Kier molecular flexibility index (Phi) is 1.53. The maximum Gasteiger partial charge on any atom is 0.156 e. The van der Waals surface area contributed by atoms with Crippen molar-refractivity contribution < 1.29 is 8.42 Å². The minimum Gasteiger partial charge on any atom is -0.314 e. The highest BCUT2D eigenvalue weighted by Crippen LogP contribution is 1.97. The van der Waals surface area contributed by atoms with Crippen molar-refractivity contribution in [1.29, 1.82) is 0 Å². The van der Waals surface area contributed by atoms with E-state index in [1.807, 2.05) is 0 Å². The fourth-order valence-electron chi connectivity index (χ4n) is 0.586. The SMILES string of the molecule is O=S1(=O)[CH]CNCC1. The van der Waals surface area contributed by atoms with Gasteiger partial charge in [-0.15, -0.1) is 0 Å². The van der Waals surface area contributed by atoms with Crippen LogP contribution >= 0.6 is 0 Å². The molecule has 0 aromatic carbocycles. The summed E-state index contributed by atoms with van der Waals surface area (Å²) in [5, 5.41) is 2.91.